The molecule has 0 atom stereocenters. The smallest absolute Gasteiger partial charge is 0.298 e. The minimum atomic E-state index is -0.244. The van der Waals surface area contributed by atoms with E-state index in [1.165, 1.54) is 17.6 Å². The Morgan fingerprint density at radius 3 is 2.55 bits per heavy atom. The van der Waals surface area contributed by atoms with Gasteiger partial charge >= 0.3 is 0 Å². The number of hydrogen-bond acceptors (Lipinski definition) is 8. The molecule has 158 valence electrons. The Hall–Kier alpha value is -2.23. The van der Waals surface area contributed by atoms with Crippen molar-refractivity contribution in [3.8, 4) is 11.5 Å². The van der Waals surface area contributed by atoms with Crippen LogP contribution >= 0.6 is 11.3 Å². The van der Waals surface area contributed by atoms with E-state index >= 15 is 0 Å². The van der Waals surface area contributed by atoms with Crippen LogP contribution in [-0.2, 0) is 14.3 Å². The highest BCUT2D eigenvalue weighted by Gasteiger charge is 2.27. The molecular weight excluding hydrogens is 418 g/mol. The van der Waals surface area contributed by atoms with Gasteiger partial charge in [0.05, 0.1) is 10.2 Å². The van der Waals surface area contributed by atoms with Gasteiger partial charge in [-0.15, -0.1) is 0 Å². The summed E-state index contributed by atoms with van der Waals surface area (Å²) in [7, 11) is 0. The van der Waals surface area contributed by atoms with Crippen molar-refractivity contribution in [3.63, 3.8) is 0 Å². The molecule has 0 bridgehead atoms. The Kier molecular flexibility index (Phi) is 7.05. The van der Waals surface area contributed by atoms with Gasteiger partial charge in [-0.05, 0) is 13.1 Å². The van der Waals surface area contributed by atoms with Gasteiger partial charge in [0, 0.05) is 25.2 Å². The molecule has 0 fully saturated rings. The van der Waals surface area contributed by atoms with Crippen LogP contribution in [0.25, 0.3) is 10.2 Å². The summed E-state index contributed by atoms with van der Waals surface area (Å²) in [6.07, 6.45) is 1.39. The summed E-state index contributed by atoms with van der Waals surface area (Å²) in [5.41, 5.74) is 0.777. The molecule has 1 aromatic carbocycles. The van der Waals surface area contributed by atoms with E-state index in [4.69, 9.17) is 18.9 Å². The molecule has 1 amide bonds. The van der Waals surface area contributed by atoms with Gasteiger partial charge in [-0.2, -0.15) is 0 Å². The number of rotatable bonds is 7. The summed E-state index contributed by atoms with van der Waals surface area (Å²) >= 11 is 1.45. The van der Waals surface area contributed by atoms with Gasteiger partial charge in [0.1, 0.15) is 19.5 Å². The summed E-state index contributed by atoms with van der Waals surface area (Å²) in [5, 5.41) is 0.617. The maximum atomic E-state index is 13.1. The molecule has 0 radical (unpaired) electrons. The van der Waals surface area contributed by atoms with E-state index in [9.17, 15) is 4.79 Å². The van der Waals surface area contributed by atoms with E-state index in [1.54, 1.807) is 4.90 Å². The predicted octanol–water partition coefficient (Wildman–Crippen LogP) is -0.408. The Bertz CT molecular complexity index is 858. The van der Waals surface area contributed by atoms with E-state index in [0.29, 0.717) is 36.4 Å². The number of nitrogens with zero attached hydrogens (tertiary/aromatic N) is 3. The minimum Gasteiger partial charge on any atom is -1.00 e. The number of likely N-dealkylation sites (N-methyl/N-ethyl adjacent to an activating group) is 1. The van der Waals surface area contributed by atoms with Crippen LogP contribution in [0.4, 0.5) is 5.13 Å². The first-order valence-corrected chi connectivity index (χ1v) is 10.2. The number of benzene rings is 1. The average Bonchev–Trinajstić information content (AvgIpc) is 3.35. The fourth-order valence-electron chi connectivity index (χ4n) is 3.10. The molecule has 0 aliphatic carbocycles. The number of fused-ring (bicyclic) bond motifs is 2. The maximum Gasteiger partial charge on any atom is 0.298 e. The lowest BCUT2D eigenvalue weighted by Gasteiger charge is -2.26. The molecule has 2 aliphatic rings. The number of hydrogen-bond donors (Lipinski definition) is 0. The predicted molar refractivity (Wildman–Crippen MR) is 106 cm³/mol. The Morgan fingerprint density at radius 1 is 1.10 bits per heavy atom. The van der Waals surface area contributed by atoms with Crippen molar-refractivity contribution in [2.24, 2.45) is 0 Å². The summed E-state index contributed by atoms with van der Waals surface area (Å²) in [6.45, 7) is 8.33. The molecular formula is C19H23ClN3O5S-. The topological polar surface area (TPSA) is 73.4 Å². The summed E-state index contributed by atoms with van der Waals surface area (Å²) in [5.74, 6) is 1.35. The van der Waals surface area contributed by atoms with Crippen LogP contribution in [0.3, 0.4) is 0 Å². The first kappa shape index (κ1) is 21.5. The minimum absolute atomic E-state index is 0. The van der Waals surface area contributed by atoms with Crippen molar-refractivity contribution in [1.29, 1.82) is 0 Å². The third-order valence-electron chi connectivity index (χ3n) is 4.74. The van der Waals surface area contributed by atoms with Gasteiger partial charge in [-0.1, -0.05) is 25.2 Å². The first-order chi connectivity index (χ1) is 13.7. The number of anilines is 1. The van der Waals surface area contributed by atoms with Crippen molar-refractivity contribution in [3.05, 3.63) is 24.2 Å². The Labute approximate surface area is 179 Å². The number of ether oxygens (including phenoxy) is 4. The van der Waals surface area contributed by atoms with Crippen molar-refractivity contribution in [2.45, 2.75) is 13.8 Å². The van der Waals surface area contributed by atoms with E-state index in [2.05, 4.69) is 23.7 Å². The fraction of sp³-hybridized carbons (Fsp3) is 0.474. The zero-order valence-electron chi connectivity index (χ0n) is 16.4. The largest absolute Gasteiger partial charge is 1.00 e. The van der Waals surface area contributed by atoms with Crippen molar-refractivity contribution >= 4 is 32.6 Å². The highest BCUT2D eigenvalue weighted by Crippen LogP contribution is 2.40. The van der Waals surface area contributed by atoms with Gasteiger partial charge < -0.3 is 36.3 Å². The molecule has 4 rings (SSSR count). The summed E-state index contributed by atoms with van der Waals surface area (Å²) < 4.78 is 22.6. The highest BCUT2D eigenvalue weighted by molar-refractivity contribution is 7.22. The van der Waals surface area contributed by atoms with Gasteiger partial charge in [0.2, 0.25) is 12.6 Å². The summed E-state index contributed by atoms with van der Waals surface area (Å²) in [6, 6.07) is 3.76. The van der Waals surface area contributed by atoms with Crippen molar-refractivity contribution in [2.75, 3.05) is 51.1 Å². The number of carbonyl (C=O) groups is 1. The molecule has 0 saturated heterocycles. The van der Waals surface area contributed by atoms with Crippen LogP contribution < -0.4 is 26.8 Å². The lowest BCUT2D eigenvalue weighted by molar-refractivity contribution is -0.119. The quantitative estimate of drug-likeness (QED) is 0.579. The van der Waals surface area contributed by atoms with E-state index in [-0.39, 0.29) is 30.9 Å². The third kappa shape index (κ3) is 4.52. The molecule has 1 aromatic heterocycles. The first-order valence-electron chi connectivity index (χ1n) is 9.38. The second kappa shape index (κ2) is 9.51. The SMILES string of the molecule is CCN(CC)CCN(C(=O)C1=COCCO1)c1nc2cc3c(cc2s1)OCO3.[Cl-]. The van der Waals surface area contributed by atoms with Gasteiger partial charge in [-0.25, -0.2) is 4.98 Å². The molecule has 2 aromatic rings. The Morgan fingerprint density at radius 2 is 1.86 bits per heavy atom. The molecule has 3 heterocycles. The second-order valence-electron chi connectivity index (χ2n) is 6.35. The van der Waals surface area contributed by atoms with Crippen LogP contribution in [-0.4, -0.2) is 62.0 Å². The lowest BCUT2D eigenvalue weighted by Crippen LogP contribution is -3.00. The van der Waals surface area contributed by atoms with Crippen LogP contribution in [0.5, 0.6) is 11.5 Å². The van der Waals surface area contributed by atoms with Crippen molar-refractivity contribution in [1.82, 2.24) is 9.88 Å². The van der Waals surface area contributed by atoms with E-state index in [1.807, 2.05) is 12.1 Å². The molecule has 29 heavy (non-hydrogen) atoms. The lowest BCUT2D eigenvalue weighted by atomic mass is 10.3. The molecule has 8 nitrogen and oxygen atoms in total. The van der Waals surface area contributed by atoms with E-state index < -0.39 is 0 Å². The number of aromatic nitrogens is 1. The van der Waals surface area contributed by atoms with E-state index in [0.717, 1.165) is 29.9 Å². The number of amides is 1. The zero-order valence-corrected chi connectivity index (χ0v) is 17.9. The monoisotopic (exact) mass is 440 g/mol. The third-order valence-corrected chi connectivity index (χ3v) is 5.78. The normalized spacial score (nSPS) is 14.8. The molecule has 0 saturated carbocycles. The van der Waals surface area contributed by atoms with Crippen LogP contribution in [0.2, 0.25) is 0 Å². The van der Waals surface area contributed by atoms with Crippen LogP contribution in [0.1, 0.15) is 13.8 Å². The molecule has 0 unspecified atom stereocenters. The molecule has 0 spiro atoms. The molecule has 0 N–H and O–H groups in total. The number of halogens is 1. The zero-order chi connectivity index (χ0) is 19.5. The molecule has 2 aliphatic heterocycles. The van der Waals surface area contributed by atoms with Gasteiger partial charge in [-0.3, -0.25) is 9.69 Å². The summed E-state index contributed by atoms with van der Waals surface area (Å²) in [4.78, 5) is 21.7. The molecule has 10 heteroatoms. The average molecular weight is 441 g/mol. The van der Waals surface area contributed by atoms with Crippen LogP contribution in [0.15, 0.2) is 24.2 Å². The fourth-order valence-corrected chi connectivity index (χ4v) is 4.10. The Balaban J connectivity index is 0.00000240. The standard InChI is InChI=1S/C19H23N3O5S.ClH/c1-3-21(4-2)5-6-22(18(23)16-11-24-7-8-25-16)19-20-13-9-14-15(27-12-26-14)10-17(13)28-19;/h9-11H,3-8,12H2,1-2H3;1H/p-1. The number of thiazole rings is 1. The van der Waals surface area contributed by atoms with Gasteiger partial charge in [0.25, 0.3) is 5.91 Å². The maximum absolute atomic E-state index is 13.1. The number of carbonyl (C=O) groups excluding carboxylic acids is 1. The van der Waals surface area contributed by atoms with Gasteiger partial charge in [0.15, 0.2) is 16.6 Å². The highest BCUT2D eigenvalue weighted by atomic mass is 35.5. The van der Waals surface area contributed by atoms with Crippen molar-refractivity contribution < 1.29 is 36.1 Å². The second-order valence-corrected chi connectivity index (χ2v) is 7.36. The van der Waals surface area contributed by atoms with Crippen LogP contribution in [0, 0.1) is 0 Å².